The third-order valence-corrected chi connectivity index (χ3v) is 7.52. The van der Waals surface area contributed by atoms with Crippen molar-refractivity contribution in [3.8, 4) is 11.1 Å². The average molecular weight is 513 g/mol. The number of halogens is 2. The minimum Gasteiger partial charge on any atom is -0.383 e. The minimum atomic E-state index is -2.41. The van der Waals surface area contributed by atoms with Crippen molar-refractivity contribution in [1.82, 2.24) is 20.0 Å². The lowest BCUT2D eigenvalue weighted by atomic mass is 9.87. The molecule has 10 heteroatoms. The molecule has 2 aromatic rings. The zero-order valence-electron chi connectivity index (χ0n) is 21.3. The highest BCUT2D eigenvalue weighted by Crippen LogP contribution is 2.37. The van der Waals surface area contributed by atoms with Gasteiger partial charge in [-0.1, -0.05) is 6.07 Å². The summed E-state index contributed by atoms with van der Waals surface area (Å²) in [7, 11) is 1.86. The topological polar surface area (TPSA) is 86.5 Å². The van der Waals surface area contributed by atoms with Crippen molar-refractivity contribution in [2.75, 3.05) is 37.7 Å². The smallest absolute Gasteiger partial charge is 0.239 e. The summed E-state index contributed by atoms with van der Waals surface area (Å²) >= 11 is 0. The van der Waals surface area contributed by atoms with Crippen molar-refractivity contribution < 1.29 is 18.3 Å². The van der Waals surface area contributed by atoms with E-state index in [0.29, 0.717) is 45.7 Å². The molecule has 1 aromatic heterocycles. The van der Waals surface area contributed by atoms with Gasteiger partial charge in [0, 0.05) is 75.2 Å². The fourth-order valence-corrected chi connectivity index (χ4v) is 5.58. The Bertz CT molecular complexity index is 1200. The molecular weight excluding hydrogens is 478 g/mol. The molecule has 0 spiro atoms. The number of carbonyl (C=O) groups is 1. The summed E-state index contributed by atoms with van der Waals surface area (Å²) < 4.78 is 34.3. The highest BCUT2D eigenvalue weighted by molar-refractivity contribution is 6.09. The Kier molecular flexibility index (Phi) is 7.28. The van der Waals surface area contributed by atoms with Gasteiger partial charge in [-0.2, -0.15) is 5.10 Å². The van der Waals surface area contributed by atoms with Gasteiger partial charge in [-0.05, 0) is 42.0 Å². The van der Waals surface area contributed by atoms with E-state index in [4.69, 9.17) is 4.74 Å². The van der Waals surface area contributed by atoms with Crippen molar-refractivity contribution in [3.05, 3.63) is 47.4 Å². The van der Waals surface area contributed by atoms with Crippen molar-refractivity contribution in [3.63, 3.8) is 0 Å². The molecule has 198 valence electrons. The molecular formula is C27H34F2N6O2. The van der Waals surface area contributed by atoms with Gasteiger partial charge >= 0.3 is 0 Å². The van der Waals surface area contributed by atoms with Gasteiger partial charge in [0.05, 0.1) is 25.4 Å². The molecule has 37 heavy (non-hydrogen) atoms. The van der Waals surface area contributed by atoms with E-state index in [0.717, 1.165) is 40.1 Å². The van der Waals surface area contributed by atoms with E-state index in [1.807, 2.05) is 36.3 Å². The SMILES string of the molecule is CC(=O)N1CCC(NC2CCOC2)=C(C(=N)N2CC(CC(F)F)Cc3cc(-c4cnn(C)c4)ccc32)C1. The third-order valence-electron chi connectivity index (χ3n) is 7.52. The Morgan fingerprint density at radius 2 is 2.16 bits per heavy atom. The molecule has 0 bridgehead atoms. The number of hydrogen-bond donors (Lipinski definition) is 2. The summed E-state index contributed by atoms with van der Waals surface area (Å²) in [6, 6.07) is 6.19. The normalized spacial score (nSPS) is 22.0. The Labute approximate surface area is 215 Å². The number of ether oxygens (including phenoxy) is 1. The van der Waals surface area contributed by atoms with Crippen LogP contribution in [0.15, 0.2) is 41.9 Å². The molecule has 2 unspecified atom stereocenters. The zero-order chi connectivity index (χ0) is 26.1. The van der Waals surface area contributed by atoms with Crippen molar-refractivity contribution >= 4 is 17.4 Å². The van der Waals surface area contributed by atoms with Crippen LogP contribution in [-0.2, 0) is 23.0 Å². The maximum Gasteiger partial charge on any atom is 0.239 e. The highest BCUT2D eigenvalue weighted by atomic mass is 19.3. The first-order valence-electron chi connectivity index (χ1n) is 12.9. The number of anilines is 1. The van der Waals surface area contributed by atoms with Gasteiger partial charge in [-0.15, -0.1) is 0 Å². The maximum atomic E-state index is 13.5. The maximum absolute atomic E-state index is 13.5. The number of nitrogens with one attached hydrogen (secondary N) is 2. The fraction of sp³-hybridized carbons (Fsp3) is 0.519. The lowest BCUT2D eigenvalue weighted by molar-refractivity contribution is -0.128. The predicted octanol–water partition coefficient (Wildman–Crippen LogP) is 3.58. The Hall–Kier alpha value is -3.27. The monoisotopic (exact) mass is 512 g/mol. The largest absolute Gasteiger partial charge is 0.383 e. The minimum absolute atomic E-state index is 0.0377. The van der Waals surface area contributed by atoms with Crippen LogP contribution in [0.2, 0.25) is 0 Å². The van der Waals surface area contributed by atoms with E-state index < -0.39 is 6.43 Å². The number of rotatable bonds is 6. The van der Waals surface area contributed by atoms with Crippen LogP contribution in [-0.4, -0.2) is 71.7 Å². The van der Waals surface area contributed by atoms with Gasteiger partial charge < -0.3 is 19.9 Å². The van der Waals surface area contributed by atoms with Gasteiger partial charge in [0.2, 0.25) is 12.3 Å². The molecule has 1 aromatic carbocycles. The molecule has 0 saturated carbocycles. The molecule has 1 amide bonds. The number of fused-ring (bicyclic) bond motifs is 1. The standard InChI is InChI=1S/C27H34F2N6O2/c1-17(36)34-7-5-24(32-22-6-8-37-16-22)23(15-34)27(30)35-13-18(10-26(28)29)9-20-11-19(3-4-25(20)35)21-12-31-33(2)14-21/h3-4,11-12,14,18,22,26,30,32H,5-10,13,15-16H2,1-2H3. The Morgan fingerprint density at radius 1 is 1.32 bits per heavy atom. The third kappa shape index (κ3) is 5.53. The number of carbonyl (C=O) groups excluding carboxylic acids is 1. The molecule has 2 N–H and O–H groups in total. The van der Waals surface area contributed by atoms with Crippen molar-refractivity contribution in [1.29, 1.82) is 5.41 Å². The number of alkyl halides is 2. The molecule has 3 aliphatic rings. The van der Waals surface area contributed by atoms with Crippen LogP contribution in [0, 0.1) is 11.3 Å². The number of amides is 1. The van der Waals surface area contributed by atoms with E-state index in [1.54, 1.807) is 22.7 Å². The van der Waals surface area contributed by atoms with Gasteiger partial charge in [0.1, 0.15) is 5.84 Å². The van der Waals surface area contributed by atoms with E-state index in [-0.39, 0.29) is 30.1 Å². The molecule has 3 aliphatic heterocycles. The van der Waals surface area contributed by atoms with Crippen LogP contribution in [0.4, 0.5) is 14.5 Å². The highest BCUT2D eigenvalue weighted by Gasteiger charge is 2.33. The summed E-state index contributed by atoms with van der Waals surface area (Å²) in [5.41, 5.74) is 5.43. The van der Waals surface area contributed by atoms with Gasteiger partial charge in [-0.25, -0.2) is 8.78 Å². The molecule has 1 saturated heterocycles. The molecule has 1 fully saturated rings. The average Bonchev–Trinajstić information content (AvgIpc) is 3.54. The number of aromatic nitrogens is 2. The van der Waals surface area contributed by atoms with Crippen LogP contribution < -0.4 is 10.2 Å². The quantitative estimate of drug-likeness (QED) is 0.457. The second kappa shape index (κ2) is 10.6. The first-order valence-corrected chi connectivity index (χ1v) is 12.9. The molecule has 0 aliphatic carbocycles. The summed E-state index contributed by atoms with van der Waals surface area (Å²) in [5.74, 6) is -0.0595. The van der Waals surface area contributed by atoms with Crippen LogP contribution in [0.5, 0.6) is 0 Å². The summed E-state index contributed by atoms with van der Waals surface area (Å²) in [6.07, 6.45) is 3.12. The van der Waals surface area contributed by atoms with E-state index in [2.05, 4.69) is 10.4 Å². The van der Waals surface area contributed by atoms with Crippen LogP contribution in [0.3, 0.4) is 0 Å². The summed E-state index contributed by atoms with van der Waals surface area (Å²) in [6.45, 7) is 4.10. The lowest BCUT2D eigenvalue weighted by Crippen LogP contribution is -2.47. The van der Waals surface area contributed by atoms with Crippen molar-refractivity contribution in [2.24, 2.45) is 13.0 Å². The first-order chi connectivity index (χ1) is 17.8. The van der Waals surface area contributed by atoms with E-state index in [9.17, 15) is 19.0 Å². The number of hydrogen-bond acceptors (Lipinski definition) is 5. The van der Waals surface area contributed by atoms with Crippen LogP contribution >= 0.6 is 0 Å². The van der Waals surface area contributed by atoms with Gasteiger partial charge in [-0.3, -0.25) is 14.9 Å². The zero-order valence-corrected chi connectivity index (χ0v) is 21.3. The molecule has 0 radical (unpaired) electrons. The number of amidine groups is 1. The lowest BCUT2D eigenvalue weighted by Gasteiger charge is -2.39. The second-order valence-electron chi connectivity index (χ2n) is 10.3. The van der Waals surface area contributed by atoms with Gasteiger partial charge in [0.25, 0.3) is 0 Å². The van der Waals surface area contributed by atoms with Crippen molar-refractivity contribution in [2.45, 2.75) is 45.1 Å². The summed E-state index contributed by atoms with van der Waals surface area (Å²) in [5, 5.41) is 17.1. The molecule has 8 nitrogen and oxygen atoms in total. The molecule has 2 atom stereocenters. The first kappa shape index (κ1) is 25.4. The van der Waals surface area contributed by atoms with E-state index >= 15 is 0 Å². The Balaban J connectivity index is 1.51. The van der Waals surface area contributed by atoms with Crippen LogP contribution in [0.1, 0.15) is 31.7 Å². The second-order valence-corrected chi connectivity index (χ2v) is 10.3. The number of nitrogens with zero attached hydrogens (tertiary/aromatic N) is 4. The fourth-order valence-electron chi connectivity index (χ4n) is 5.58. The molecule has 4 heterocycles. The van der Waals surface area contributed by atoms with Gasteiger partial charge in [0.15, 0.2) is 0 Å². The van der Waals surface area contributed by atoms with E-state index in [1.165, 1.54) is 0 Å². The predicted molar refractivity (Wildman–Crippen MR) is 138 cm³/mol. The molecule has 5 rings (SSSR count). The van der Waals surface area contributed by atoms with Crippen LogP contribution in [0.25, 0.3) is 11.1 Å². The number of aryl methyl sites for hydroxylation is 1. The number of benzene rings is 1. The summed E-state index contributed by atoms with van der Waals surface area (Å²) in [4.78, 5) is 15.8. The Morgan fingerprint density at radius 3 is 2.84 bits per heavy atom.